The summed E-state index contributed by atoms with van der Waals surface area (Å²) in [6.07, 6.45) is 11.0. The summed E-state index contributed by atoms with van der Waals surface area (Å²) in [7, 11) is 0. The quantitative estimate of drug-likeness (QED) is 0.0170. The van der Waals surface area contributed by atoms with E-state index in [-0.39, 0.29) is 75.0 Å². The molecule has 0 aliphatic heterocycles. The van der Waals surface area contributed by atoms with Crippen LogP contribution in [-0.2, 0) is 38.4 Å². The van der Waals surface area contributed by atoms with Crippen molar-refractivity contribution >= 4 is 65.3 Å². The van der Waals surface area contributed by atoms with Crippen LogP contribution in [0.15, 0.2) is 15.0 Å². The lowest BCUT2D eigenvalue weighted by atomic mass is 10.0. The number of halogens is 9. The van der Waals surface area contributed by atoms with E-state index in [9.17, 15) is 63.5 Å². The molecule has 0 aromatic carbocycles. The van der Waals surface area contributed by atoms with Crippen LogP contribution in [0.25, 0.3) is 0 Å². The van der Waals surface area contributed by atoms with Crippen molar-refractivity contribution in [3.8, 4) is 0 Å². The molecule has 0 rings (SSSR count). The number of nitrogens with zero attached hydrogens (tertiary/aromatic N) is 3. The number of aliphatic carboxylic acids is 3. The monoisotopic (exact) mass is 1230 g/mol. The number of hydrogen-bond acceptors (Lipinski definition) is 11. The molecular formula is C50H91F9N14O11. The van der Waals surface area contributed by atoms with Gasteiger partial charge >= 0.3 is 36.4 Å². The number of carboxylic acids is 3. The summed E-state index contributed by atoms with van der Waals surface area (Å²) in [4.78, 5) is 103. The van der Waals surface area contributed by atoms with E-state index in [0.29, 0.717) is 45.1 Å². The van der Waals surface area contributed by atoms with Crippen molar-refractivity contribution in [2.45, 2.75) is 223 Å². The standard InChI is InChI=1S/C44H88N14O5.3C2HF3O2/c1-2-3-4-5-6-7-8-9-10-11-12-13-14-15-16-17-19-28-37(59)52-30-21-18-20-29-38(60)56-35(26-23-32-54-43(48)49)40(62)58-36(27-24-33-55-44(50)51)41(63)57-34(39(45)61)25-22-31-53-42(46)47;3*3-2(4,5)1(6)7/h34-36H,2-33H2,1H3,(H2,45,61)(H,52,59)(H,56,60)(H,57,63)(H,58,62)(H4,46,47,53)(H4,48,49,54)(H4,50,51,55);3*(H,6,7)/t34-,35-,36-;;;/m0.../s1. The summed E-state index contributed by atoms with van der Waals surface area (Å²) in [5, 5.41) is 32.5. The van der Waals surface area contributed by atoms with Crippen molar-refractivity contribution in [3.05, 3.63) is 0 Å². The van der Waals surface area contributed by atoms with Crippen LogP contribution in [0.3, 0.4) is 0 Å². The normalized spacial score (nSPS) is 12.0. The van der Waals surface area contributed by atoms with Crippen LogP contribution in [-0.4, -0.2) is 143 Å². The van der Waals surface area contributed by atoms with Crippen molar-refractivity contribution in [1.82, 2.24) is 21.3 Å². The Balaban J connectivity index is -0.00000127. The Hall–Kier alpha value is -7.06. The number of alkyl halides is 9. The van der Waals surface area contributed by atoms with E-state index in [1.807, 2.05) is 0 Å². The Morgan fingerprint density at radius 1 is 0.381 bits per heavy atom. The first kappa shape index (κ1) is 83.4. The van der Waals surface area contributed by atoms with Gasteiger partial charge in [-0.3, -0.25) is 38.9 Å². The predicted octanol–water partition coefficient (Wildman–Crippen LogP) is 4.71. The number of nitrogens with one attached hydrogen (secondary N) is 4. The molecule has 21 N–H and O–H groups in total. The summed E-state index contributed by atoms with van der Waals surface area (Å²) < 4.78 is 95.2. The Morgan fingerprint density at radius 2 is 0.643 bits per heavy atom. The van der Waals surface area contributed by atoms with Gasteiger partial charge in [-0.05, 0) is 57.8 Å². The third-order valence-electron chi connectivity index (χ3n) is 11.4. The molecule has 34 heteroatoms. The largest absolute Gasteiger partial charge is 0.490 e. The smallest absolute Gasteiger partial charge is 0.475 e. The van der Waals surface area contributed by atoms with Gasteiger partial charge < -0.3 is 76.7 Å². The molecule has 0 aliphatic rings. The summed E-state index contributed by atoms with van der Waals surface area (Å²) in [6.45, 7) is 3.42. The fourth-order valence-electron chi connectivity index (χ4n) is 7.06. The van der Waals surface area contributed by atoms with Crippen LogP contribution >= 0.6 is 0 Å². The van der Waals surface area contributed by atoms with Crippen LogP contribution in [0, 0.1) is 0 Å². The lowest BCUT2D eigenvalue weighted by Gasteiger charge is -2.25. The van der Waals surface area contributed by atoms with Gasteiger partial charge in [0.1, 0.15) is 18.1 Å². The van der Waals surface area contributed by atoms with E-state index in [4.69, 9.17) is 69.8 Å². The number of amides is 5. The van der Waals surface area contributed by atoms with E-state index in [2.05, 4.69) is 43.2 Å². The maximum atomic E-state index is 13.6. The molecule has 0 heterocycles. The number of aliphatic imine (C=N–C) groups is 3. The fourth-order valence-corrected chi connectivity index (χ4v) is 7.06. The van der Waals surface area contributed by atoms with Gasteiger partial charge in [0, 0.05) is 39.0 Å². The molecule has 490 valence electrons. The lowest BCUT2D eigenvalue weighted by Crippen LogP contribution is -2.56. The van der Waals surface area contributed by atoms with Crippen molar-refractivity contribution in [1.29, 1.82) is 0 Å². The van der Waals surface area contributed by atoms with Crippen LogP contribution in [0.5, 0.6) is 0 Å². The second-order valence-electron chi connectivity index (χ2n) is 19.0. The van der Waals surface area contributed by atoms with E-state index in [0.717, 1.165) is 19.3 Å². The number of carbonyl (C=O) groups is 8. The Morgan fingerprint density at radius 3 is 0.940 bits per heavy atom. The fraction of sp³-hybridized carbons (Fsp3) is 0.780. The van der Waals surface area contributed by atoms with Gasteiger partial charge in [0.15, 0.2) is 17.9 Å². The van der Waals surface area contributed by atoms with Crippen LogP contribution in [0.2, 0.25) is 0 Å². The number of guanidine groups is 3. The van der Waals surface area contributed by atoms with Gasteiger partial charge in [-0.1, -0.05) is 116 Å². The molecule has 0 unspecified atom stereocenters. The topological polar surface area (TPSA) is 465 Å². The highest BCUT2D eigenvalue weighted by atomic mass is 19.4. The zero-order chi connectivity index (χ0) is 65.2. The second kappa shape index (κ2) is 50.5. The summed E-state index contributed by atoms with van der Waals surface area (Å²) in [5.74, 6) is -10.9. The van der Waals surface area contributed by atoms with Gasteiger partial charge in [-0.25, -0.2) is 14.4 Å². The number of carboxylic acid groups (broad SMARTS) is 3. The van der Waals surface area contributed by atoms with Crippen LogP contribution in [0.1, 0.15) is 187 Å². The van der Waals surface area contributed by atoms with Crippen LogP contribution < -0.4 is 61.4 Å². The number of rotatable bonds is 42. The first-order chi connectivity index (χ1) is 39.1. The van der Waals surface area contributed by atoms with E-state index >= 15 is 0 Å². The van der Waals surface area contributed by atoms with Gasteiger partial charge in [-0.15, -0.1) is 0 Å². The van der Waals surface area contributed by atoms with Crippen molar-refractivity contribution in [2.24, 2.45) is 55.1 Å². The minimum Gasteiger partial charge on any atom is -0.475 e. The average molecular weight is 1240 g/mol. The van der Waals surface area contributed by atoms with Crippen molar-refractivity contribution in [2.75, 3.05) is 26.2 Å². The molecule has 0 saturated carbocycles. The van der Waals surface area contributed by atoms with E-state index in [1.165, 1.54) is 96.3 Å². The molecule has 0 aromatic heterocycles. The molecule has 0 saturated heterocycles. The average Bonchev–Trinajstić information content (AvgIpc) is 3.43. The third-order valence-corrected chi connectivity index (χ3v) is 11.4. The van der Waals surface area contributed by atoms with Gasteiger partial charge in [0.05, 0.1) is 0 Å². The molecule has 25 nitrogen and oxygen atoms in total. The predicted molar refractivity (Wildman–Crippen MR) is 296 cm³/mol. The third kappa shape index (κ3) is 58.1. The first-order valence-corrected chi connectivity index (χ1v) is 27.6. The second-order valence-corrected chi connectivity index (χ2v) is 19.0. The Labute approximate surface area is 483 Å². The maximum Gasteiger partial charge on any atom is 0.490 e. The molecule has 0 spiro atoms. The molecule has 84 heavy (non-hydrogen) atoms. The highest BCUT2D eigenvalue weighted by Crippen LogP contribution is 2.17. The Kier molecular flexibility index (Phi) is 50.1. The number of hydrogen-bond donors (Lipinski definition) is 14. The van der Waals surface area contributed by atoms with Gasteiger partial charge in [0.2, 0.25) is 29.5 Å². The van der Waals surface area contributed by atoms with Crippen molar-refractivity contribution < 1.29 is 93.2 Å². The van der Waals surface area contributed by atoms with Gasteiger partial charge in [0.25, 0.3) is 0 Å². The van der Waals surface area contributed by atoms with E-state index in [1.54, 1.807) is 0 Å². The minimum absolute atomic E-state index is 0.0551. The molecule has 0 aliphatic carbocycles. The Bertz CT molecular complexity index is 1900. The zero-order valence-corrected chi connectivity index (χ0v) is 47.8. The lowest BCUT2D eigenvalue weighted by molar-refractivity contribution is -0.193. The highest BCUT2D eigenvalue weighted by Gasteiger charge is 2.39. The van der Waals surface area contributed by atoms with Crippen LogP contribution in [0.4, 0.5) is 39.5 Å². The summed E-state index contributed by atoms with van der Waals surface area (Å²) >= 11 is 0. The molecule has 0 fully saturated rings. The SMILES string of the molecule is CCCCCCCCCCCCCCCCCCCC(=O)NCCCCCC(=O)N[C@@H](CCCN=C(N)N)C(=O)N[C@@H](CCCN=C(N)N)C(=O)N[C@@H](CCCN=C(N)N)C(N)=O.O=C(O)C(F)(F)F.O=C(O)C(F)(F)F.O=C(O)C(F)(F)F. The zero-order valence-electron chi connectivity index (χ0n) is 47.8. The first-order valence-electron chi connectivity index (χ1n) is 27.6. The number of unbranched alkanes of at least 4 members (excludes halogenated alkanes) is 18. The molecule has 0 bridgehead atoms. The minimum atomic E-state index is -5.08. The number of nitrogens with two attached hydrogens (primary N) is 7. The summed E-state index contributed by atoms with van der Waals surface area (Å²) in [5.41, 5.74) is 38.1. The number of carbonyl (C=O) groups excluding carboxylic acids is 5. The molecule has 0 radical (unpaired) electrons. The summed E-state index contributed by atoms with van der Waals surface area (Å²) in [6, 6.07) is -3.19. The van der Waals surface area contributed by atoms with Gasteiger partial charge in [-0.2, -0.15) is 39.5 Å². The number of primary amides is 1. The maximum absolute atomic E-state index is 13.6. The molecule has 5 amide bonds. The molecule has 0 aromatic rings. The van der Waals surface area contributed by atoms with E-state index < -0.39 is 72.3 Å². The highest BCUT2D eigenvalue weighted by molar-refractivity contribution is 5.94. The molecule has 3 atom stereocenters. The molecular weight excluding hydrogens is 1140 g/mol. The van der Waals surface area contributed by atoms with Crippen molar-refractivity contribution in [3.63, 3.8) is 0 Å².